The van der Waals surface area contributed by atoms with Gasteiger partial charge in [0.2, 0.25) is 0 Å². The maximum Gasteiger partial charge on any atom is 0.192 e. The molecule has 0 radical (unpaired) electrons. The standard InChI is InChI=1S/C16H18ClS/c1-13(2)15-10-6-7-11-16(15)18(12-17)14-8-4-3-5-9-14/h3-11,13H,12H2,1-2H3/q+1. The molecular formula is C16H18ClS+. The first-order chi connectivity index (χ1) is 8.74. The molecule has 0 spiro atoms. The molecule has 18 heavy (non-hydrogen) atoms. The molecule has 0 N–H and O–H groups in total. The van der Waals surface area contributed by atoms with Crippen LogP contribution in [0.1, 0.15) is 25.3 Å². The molecule has 1 atom stereocenters. The van der Waals surface area contributed by atoms with Crippen LogP contribution in [0.25, 0.3) is 0 Å². The van der Waals surface area contributed by atoms with Crippen molar-refractivity contribution < 1.29 is 0 Å². The third kappa shape index (κ3) is 2.90. The van der Waals surface area contributed by atoms with Crippen molar-refractivity contribution in [3.05, 3.63) is 60.2 Å². The summed E-state index contributed by atoms with van der Waals surface area (Å²) in [6.45, 7) is 4.47. The quantitative estimate of drug-likeness (QED) is 0.542. The molecule has 0 amide bonds. The molecule has 1 unspecified atom stereocenters. The van der Waals surface area contributed by atoms with Crippen LogP contribution in [0.15, 0.2) is 64.4 Å². The fourth-order valence-electron chi connectivity index (χ4n) is 2.02. The van der Waals surface area contributed by atoms with Crippen molar-refractivity contribution in [2.75, 3.05) is 5.21 Å². The van der Waals surface area contributed by atoms with Gasteiger partial charge in [0.25, 0.3) is 0 Å². The van der Waals surface area contributed by atoms with Crippen LogP contribution in [0, 0.1) is 0 Å². The highest BCUT2D eigenvalue weighted by molar-refractivity contribution is 7.98. The normalized spacial score (nSPS) is 12.7. The zero-order chi connectivity index (χ0) is 13.0. The van der Waals surface area contributed by atoms with Crippen molar-refractivity contribution in [2.24, 2.45) is 0 Å². The maximum absolute atomic E-state index is 6.23. The molecule has 0 nitrogen and oxygen atoms in total. The zero-order valence-electron chi connectivity index (χ0n) is 10.8. The van der Waals surface area contributed by atoms with E-state index < -0.39 is 0 Å². The molecule has 0 aliphatic heterocycles. The molecule has 0 saturated heterocycles. The zero-order valence-corrected chi connectivity index (χ0v) is 12.3. The lowest BCUT2D eigenvalue weighted by Gasteiger charge is -2.12. The van der Waals surface area contributed by atoms with Gasteiger partial charge in [0.1, 0.15) is 0 Å². The van der Waals surface area contributed by atoms with Crippen molar-refractivity contribution in [1.29, 1.82) is 0 Å². The molecule has 94 valence electrons. The summed E-state index contributed by atoms with van der Waals surface area (Å²) in [6.07, 6.45) is 0. The van der Waals surface area contributed by atoms with Crippen LogP contribution < -0.4 is 0 Å². The molecule has 2 heteroatoms. The Kier molecular flexibility index (Phi) is 4.73. The fraction of sp³-hybridized carbons (Fsp3) is 0.250. The van der Waals surface area contributed by atoms with Gasteiger partial charge in [0, 0.05) is 5.56 Å². The molecule has 0 saturated carbocycles. The number of halogens is 1. The summed E-state index contributed by atoms with van der Waals surface area (Å²) >= 11 is 6.23. The summed E-state index contributed by atoms with van der Waals surface area (Å²) < 4.78 is 0. The van der Waals surface area contributed by atoms with Crippen molar-refractivity contribution >= 4 is 22.5 Å². The molecule has 0 bridgehead atoms. The van der Waals surface area contributed by atoms with Gasteiger partial charge in [-0.2, -0.15) is 0 Å². The molecule has 0 aromatic heterocycles. The van der Waals surface area contributed by atoms with Gasteiger partial charge in [-0.15, -0.1) is 0 Å². The summed E-state index contributed by atoms with van der Waals surface area (Å²) in [4.78, 5) is 2.70. The van der Waals surface area contributed by atoms with E-state index in [0.717, 1.165) is 0 Å². The molecule has 0 aliphatic rings. The Morgan fingerprint density at radius 2 is 1.56 bits per heavy atom. The lowest BCUT2D eigenvalue weighted by molar-refractivity contribution is 0.841. The van der Waals surface area contributed by atoms with Gasteiger partial charge in [-0.05, 0) is 24.1 Å². The minimum atomic E-state index is -0.0249. The van der Waals surface area contributed by atoms with Crippen LogP contribution in [0.2, 0.25) is 0 Å². The summed E-state index contributed by atoms with van der Waals surface area (Å²) in [5.74, 6) is 0.531. The van der Waals surface area contributed by atoms with Gasteiger partial charge in [-0.1, -0.05) is 61.8 Å². The van der Waals surface area contributed by atoms with E-state index in [4.69, 9.17) is 11.6 Å². The van der Waals surface area contributed by atoms with Gasteiger partial charge in [0.05, 0.1) is 10.9 Å². The number of hydrogen-bond donors (Lipinski definition) is 0. The molecular weight excluding hydrogens is 260 g/mol. The Morgan fingerprint density at radius 1 is 0.944 bits per heavy atom. The topological polar surface area (TPSA) is 0 Å². The average molecular weight is 278 g/mol. The largest absolute Gasteiger partial charge is 0.192 e. The predicted octanol–water partition coefficient (Wildman–Crippen LogP) is 5.04. The molecule has 2 rings (SSSR count). The van der Waals surface area contributed by atoms with E-state index in [1.165, 1.54) is 15.4 Å². The predicted molar refractivity (Wildman–Crippen MR) is 81.6 cm³/mol. The first-order valence-electron chi connectivity index (χ1n) is 6.15. The molecule has 2 aromatic rings. The SMILES string of the molecule is CC(C)c1ccccc1[S+](CCl)c1ccccc1. The highest BCUT2D eigenvalue weighted by Gasteiger charge is 2.27. The Morgan fingerprint density at radius 3 is 2.17 bits per heavy atom. The monoisotopic (exact) mass is 277 g/mol. The van der Waals surface area contributed by atoms with Crippen LogP contribution >= 0.6 is 11.6 Å². The minimum absolute atomic E-state index is 0.0249. The highest BCUT2D eigenvalue weighted by atomic mass is 35.5. The lowest BCUT2D eigenvalue weighted by Crippen LogP contribution is -2.08. The second-order valence-corrected chi connectivity index (χ2v) is 7.07. The summed E-state index contributed by atoms with van der Waals surface area (Å²) in [5.41, 5.74) is 1.41. The highest BCUT2D eigenvalue weighted by Crippen LogP contribution is 2.31. The molecule has 0 aliphatic carbocycles. The second kappa shape index (κ2) is 6.31. The van der Waals surface area contributed by atoms with Crippen molar-refractivity contribution in [3.63, 3.8) is 0 Å². The summed E-state index contributed by atoms with van der Waals surface area (Å²) in [5, 5.41) is 0.647. The molecule has 0 heterocycles. The Bertz CT molecular complexity index is 493. The van der Waals surface area contributed by atoms with E-state index in [1.54, 1.807) is 0 Å². The third-order valence-electron chi connectivity index (χ3n) is 2.94. The lowest BCUT2D eigenvalue weighted by atomic mass is 10.0. The summed E-state index contributed by atoms with van der Waals surface area (Å²) in [6, 6.07) is 19.2. The smallest absolute Gasteiger partial charge is 0.0672 e. The van der Waals surface area contributed by atoms with Crippen LogP contribution in [-0.2, 0) is 10.9 Å². The average Bonchev–Trinajstić information content (AvgIpc) is 2.41. The van der Waals surface area contributed by atoms with Crippen LogP contribution in [0.3, 0.4) is 0 Å². The maximum atomic E-state index is 6.23. The molecule has 2 aromatic carbocycles. The van der Waals surface area contributed by atoms with Gasteiger partial charge in [-0.25, -0.2) is 0 Å². The summed E-state index contributed by atoms with van der Waals surface area (Å²) in [7, 11) is -0.0249. The Hall–Kier alpha value is -0.920. The number of alkyl halides is 1. The van der Waals surface area contributed by atoms with E-state index in [1.807, 2.05) is 6.07 Å². The first kappa shape index (κ1) is 13.5. The van der Waals surface area contributed by atoms with Gasteiger partial charge in [0.15, 0.2) is 15.0 Å². The number of rotatable bonds is 4. The van der Waals surface area contributed by atoms with Crippen molar-refractivity contribution in [3.8, 4) is 0 Å². The number of hydrogen-bond acceptors (Lipinski definition) is 0. The van der Waals surface area contributed by atoms with E-state index in [0.29, 0.717) is 11.1 Å². The minimum Gasteiger partial charge on any atom is -0.0672 e. The van der Waals surface area contributed by atoms with Gasteiger partial charge in [-0.3, -0.25) is 0 Å². The number of benzene rings is 2. The second-order valence-electron chi connectivity index (χ2n) is 4.51. The third-order valence-corrected chi connectivity index (χ3v) is 5.56. The van der Waals surface area contributed by atoms with Gasteiger partial charge >= 0.3 is 0 Å². The van der Waals surface area contributed by atoms with E-state index in [-0.39, 0.29) is 10.9 Å². The Balaban J connectivity index is 2.46. The molecule has 0 fully saturated rings. The van der Waals surface area contributed by atoms with Crippen molar-refractivity contribution in [2.45, 2.75) is 29.6 Å². The van der Waals surface area contributed by atoms with E-state index in [9.17, 15) is 0 Å². The van der Waals surface area contributed by atoms with Crippen LogP contribution in [-0.4, -0.2) is 5.21 Å². The fourth-order valence-corrected chi connectivity index (χ4v) is 4.56. The van der Waals surface area contributed by atoms with Gasteiger partial charge < -0.3 is 0 Å². The van der Waals surface area contributed by atoms with Crippen molar-refractivity contribution in [1.82, 2.24) is 0 Å². The Labute approximate surface area is 117 Å². The van der Waals surface area contributed by atoms with Crippen LogP contribution in [0.5, 0.6) is 0 Å². The first-order valence-corrected chi connectivity index (χ1v) is 8.07. The van der Waals surface area contributed by atoms with E-state index in [2.05, 4.69) is 62.4 Å². The van der Waals surface area contributed by atoms with Crippen LogP contribution in [0.4, 0.5) is 0 Å². The van der Waals surface area contributed by atoms with E-state index >= 15 is 0 Å².